The molecular weight excluding hydrogens is 157 g/mol. The largest absolute Gasteiger partial charge is 0.389 e. The molecule has 0 saturated heterocycles. The van der Waals surface area contributed by atoms with Crippen molar-refractivity contribution in [1.82, 2.24) is 0 Å². The Morgan fingerprint density at radius 1 is 1.18 bits per heavy atom. The van der Waals surface area contributed by atoms with Gasteiger partial charge in [-0.15, -0.1) is 0 Å². The third-order valence-corrected chi connectivity index (χ3v) is 1.60. The summed E-state index contributed by atoms with van der Waals surface area (Å²) in [7, 11) is 0. The van der Waals surface area contributed by atoms with Gasteiger partial charge < -0.3 is 4.74 Å². The van der Waals surface area contributed by atoms with E-state index in [4.69, 9.17) is 0 Å². The van der Waals surface area contributed by atoms with Crippen molar-refractivity contribution in [2.45, 2.75) is 39.0 Å². The Labute approximate surface area is 64.5 Å². The highest BCUT2D eigenvalue weighted by molar-refractivity contribution is 4.81. The van der Waals surface area contributed by atoms with Gasteiger partial charge >= 0.3 is 6.11 Å². The molecule has 0 heterocycles. The lowest BCUT2D eigenvalue weighted by Crippen LogP contribution is -2.43. The molecule has 0 N–H and O–H groups in total. The van der Waals surface area contributed by atoms with Crippen molar-refractivity contribution in [1.29, 1.82) is 0 Å². The van der Waals surface area contributed by atoms with Gasteiger partial charge in [-0.05, 0) is 20.3 Å². The van der Waals surface area contributed by atoms with Crippen molar-refractivity contribution in [2.75, 3.05) is 6.61 Å². The Morgan fingerprint density at radius 3 is 1.91 bits per heavy atom. The van der Waals surface area contributed by atoms with E-state index in [1.54, 1.807) is 0 Å². The minimum atomic E-state index is -3.67. The average Bonchev–Trinajstić information content (AvgIpc) is 1.87. The van der Waals surface area contributed by atoms with E-state index in [0.29, 0.717) is 0 Å². The van der Waals surface area contributed by atoms with Gasteiger partial charge in [-0.1, -0.05) is 6.92 Å². The van der Waals surface area contributed by atoms with E-state index >= 15 is 0 Å². The van der Waals surface area contributed by atoms with Crippen LogP contribution in [0.3, 0.4) is 0 Å². The van der Waals surface area contributed by atoms with Crippen molar-refractivity contribution >= 4 is 0 Å². The minimum absolute atomic E-state index is 0.188. The van der Waals surface area contributed by atoms with Gasteiger partial charge in [0.1, 0.15) is 0 Å². The molecule has 0 aliphatic carbocycles. The lowest BCUT2D eigenvalue weighted by Gasteiger charge is -2.27. The van der Waals surface area contributed by atoms with Gasteiger partial charge in [-0.2, -0.15) is 8.78 Å². The standard InChI is InChI=1S/C7H13F3O/c1-4-6(3,8)7(9,10)11-5-2/h4-5H2,1-3H3. The lowest BCUT2D eigenvalue weighted by molar-refractivity contribution is -0.303. The zero-order valence-electron chi connectivity index (χ0n) is 6.96. The fourth-order valence-corrected chi connectivity index (χ4v) is 0.538. The van der Waals surface area contributed by atoms with Crippen LogP contribution in [-0.4, -0.2) is 18.4 Å². The monoisotopic (exact) mass is 170 g/mol. The van der Waals surface area contributed by atoms with Gasteiger partial charge in [0.15, 0.2) is 5.67 Å². The average molecular weight is 170 g/mol. The first-order valence-electron chi connectivity index (χ1n) is 3.58. The van der Waals surface area contributed by atoms with Crippen LogP contribution in [-0.2, 0) is 4.74 Å². The Morgan fingerprint density at radius 2 is 1.64 bits per heavy atom. The molecule has 0 rings (SSSR count). The predicted octanol–water partition coefficient (Wildman–Crippen LogP) is 2.75. The molecule has 1 unspecified atom stereocenters. The van der Waals surface area contributed by atoms with E-state index in [-0.39, 0.29) is 13.0 Å². The maximum absolute atomic E-state index is 12.9. The molecule has 0 fully saturated rings. The number of ether oxygens (including phenoxy) is 1. The number of halogens is 3. The summed E-state index contributed by atoms with van der Waals surface area (Å²) in [4.78, 5) is 0. The molecule has 0 aromatic carbocycles. The maximum Gasteiger partial charge on any atom is 0.389 e. The van der Waals surface area contributed by atoms with Crippen molar-refractivity contribution in [2.24, 2.45) is 0 Å². The molecule has 4 heteroatoms. The molecule has 11 heavy (non-hydrogen) atoms. The smallest absolute Gasteiger partial charge is 0.318 e. The molecule has 0 bridgehead atoms. The highest BCUT2D eigenvalue weighted by Gasteiger charge is 2.50. The number of hydrogen-bond donors (Lipinski definition) is 0. The van der Waals surface area contributed by atoms with E-state index in [1.165, 1.54) is 13.8 Å². The van der Waals surface area contributed by atoms with Crippen molar-refractivity contribution in [3.8, 4) is 0 Å². The summed E-state index contributed by atoms with van der Waals surface area (Å²) < 4.78 is 42.1. The quantitative estimate of drug-likeness (QED) is 0.630. The van der Waals surface area contributed by atoms with Gasteiger partial charge in [0.2, 0.25) is 0 Å². The molecular formula is C7H13F3O. The predicted molar refractivity (Wildman–Crippen MR) is 36.4 cm³/mol. The van der Waals surface area contributed by atoms with Gasteiger partial charge in [-0.3, -0.25) is 0 Å². The molecule has 0 amide bonds. The van der Waals surface area contributed by atoms with Gasteiger partial charge in [0.05, 0.1) is 6.61 Å². The summed E-state index contributed by atoms with van der Waals surface area (Å²) >= 11 is 0. The molecule has 1 nitrogen and oxygen atoms in total. The van der Waals surface area contributed by atoms with E-state index in [2.05, 4.69) is 4.74 Å². The number of alkyl halides is 3. The summed E-state index contributed by atoms with van der Waals surface area (Å²) in [5.41, 5.74) is -2.57. The van der Waals surface area contributed by atoms with Crippen LogP contribution >= 0.6 is 0 Å². The SMILES string of the molecule is CCOC(F)(F)C(C)(F)CC. The van der Waals surface area contributed by atoms with E-state index in [1.807, 2.05) is 0 Å². The molecule has 68 valence electrons. The zero-order valence-corrected chi connectivity index (χ0v) is 6.96. The van der Waals surface area contributed by atoms with Gasteiger partial charge in [-0.25, -0.2) is 4.39 Å². The fraction of sp³-hybridized carbons (Fsp3) is 1.00. The highest BCUT2D eigenvalue weighted by Crippen LogP contribution is 2.35. The fourth-order valence-electron chi connectivity index (χ4n) is 0.538. The summed E-state index contributed by atoms with van der Waals surface area (Å²) in [5.74, 6) is 0. The third-order valence-electron chi connectivity index (χ3n) is 1.60. The number of rotatable bonds is 4. The van der Waals surface area contributed by atoms with E-state index in [0.717, 1.165) is 6.92 Å². The number of hydrogen-bond acceptors (Lipinski definition) is 1. The second-order valence-corrected chi connectivity index (χ2v) is 2.50. The first-order chi connectivity index (χ1) is 4.87. The summed E-state index contributed by atoms with van der Waals surface area (Å²) in [6, 6.07) is 0. The van der Waals surface area contributed by atoms with Crippen molar-refractivity contribution < 1.29 is 17.9 Å². The van der Waals surface area contributed by atoms with E-state index in [9.17, 15) is 13.2 Å². The molecule has 0 aliphatic heterocycles. The molecule has 0 spiro atoms. The van der Waals surface area contributed by atoms with Crippen molar-refractivity contribution in [3.05, 3.63) is 0 Å². The maximum atomic E-state index is 12.9. The normalized spacial score (nSPS) is 18.0. The van der Waals surface area contributed by atoms with Crippen LogP contribution in [0.15, 0.2) is 0 Å². The second kappa shape index (κ2) is 3.43. The Bertz CT molecular complexity index is 123. The zero-order chi connectivity index (χ0) is 9.12. The van der Waals surface area contributed by atoms with Crippen LogP contribution < -0.4 is 0 Å². The van der Waals surface area contributed by atoms with Crippen molar-refractivity contribution in [3.63, 3.8) is 0 Å². The Hall–Kier alpha value is -0.250. The molecule has 1 atom stereocenters. The topological polar surface area (TPSA) is 9.23 Å². The Kier molecular flexibility index (Phi) is 3.35. The van der Waals surface area contributed by atoms with Gasteiger partial charge in [0.25, 0.3) is 0 Å². The third kappa shape index (κ3) is 2.36. The minimum Gasteiger partial charge on any atom is -0.318 e. The van der Waals surface area contributed by atoms with Crippen LogP contribution in [0.4, 0.5) is 13.2 Å². The summed E-state index contributed by atoms with van der Waals surface area (Å²) in [6.07, 6.45) is -3.93. The van der Waals surface area contributed by atoms with Crippen LogP contribution in [0, 0.1) is 0 Å². The molecule has 0 aromatic rings. The lowest BCUT2D eigenvalue weighted by atomic mass is 10.1. The first kappa shape index (κ1) is 10.8. The van der Waals surface area contributed by atoms with Crippen LogP contribution in [0.2, 0.25) is 0 Å². The molecule has 0 aliphatic rings. The Balaban J connectivity index is 4.26. The summed E-state index contributed by atoms with van der Waals surface area (Å²) in [6.45, 7) is 3.40. The highest BCUT2D eigenvalue weighted by atomic mass is 19.3. The second-order valence-electron chi connectivity index (χ2n) is 2.50. The van der Waals surface area contributed by atoms with E-state index < -0.39 is 11.8 Å². The van der Waals surface area contributed by atoms with Gasteiger partial charge in [0, 0.05) is 0 Å². The van der Waals surface area contributed by atoms with Crippen LogP contribution in [0.25, 0.3) is 0 Å². The van der Waals surface area contributed by atoms with Crippen LogP contribution in [0.5, 0.6) is 0 Å². The molecule has 0 radical (unpaired) electrons. The van der Waals surface area contributed by atoms with Crippen LogP contribution in [0.1, 0.15) is 27.2 Å². The molecule has 0 aromatic heterocycles. The molecule has 0 saturated carbocycles. The summed E-state index contributed by atoms with van der Waals surface area (Å²) in [5, 5.41) is 0. The first-order valence-corrected chi connectivity index (χ1v) is 3.58.